The molecule has 0 saturated carbocycles. The molecule has 1 saturated heterocycles. The third-order valence-corrected chi connectivity index (χ3v) is 6.43. The average Bonchev–Trinajstić information content (AvgIpc) is 3.33. The van der Waals surface area contributed by atoms with Gasteiger partial charge in [-0.15, -0.1) is 11.3 Å². The first-order valence-electron chi connectivity index (χ1n) is 9.56. The van der Waals surface area contributed by atoms with Gasteiger partial charge in [-0.25, -0.2) is 4.39 Å². The van der Waals surface area contributed by atoms with E-state index in [9.17, 15) is 14.0 Å². The Morgan fingerprint density at radius 1 is 1.17 bits per heavy atom. The molecule has 2 heterocycles. The number of thiophene rings is 1. The first kappa shape index (κ1) is 19.5. The van der Waals surface area contributed by atoms with Crippen molar-refractivity contribution < 1.29 is 14.0 Å². The minimum absolute atomic E-state index is 0.0614. The summed E-state index contributed by atoms with van der Waals surface area (Å²) in [7, 11) is 1.65. The molecule has 2 aromatic carbocycles. The smallest absolute Gasteiger partial charge is 0.261 e. The van der Waals surface area contributed by atoms with Gasteiger partial charge in [-0.05, 0) is 54.2 Å². The Kier molecular flexibility index (Phi) is 5.60. The molecule has 0 bridgehead atoms. The SMILES string of the molecule is CNC(=O)c1sc2ccccc2c1[C@@H]1CCN(CC(=O)Nc2ccc(F)cc2)C1. The van der Waals surface area contributed by atoms with Gasteiger partial charge in [-0.3, -0.25) is 14.5 Å². The van der Waals surface area contributed by atoms with Crippen molar-refractivity contribution in [2.24, 2.45) is 0 Å². The topological polar surface area (TPSA) is 61.4 Å². The first-order valence-corrected chi connectivity index (χ1v) is 10.4. The van der Waals surface area contributed by atoms with Crippen LogP contribution in [0.5, 0.6) is 0 Å². The predicted molar refractivity (Wildman–Crippen MR) is 114 cm³/mol. The van der Waals surface area contributed by atoms with Crippen LogP contribution in [0.4, 0.5) is 10.1 Å². The van der Waals surface area contributed by atoms with Gasteiger partial charge in [-0.2, -0.15) is 0 Å². The van der Waals surface area contributed by atoms with Gasteiger partial charge in [-0.1, -0.05) is 18.2 Å². The van der Waals surface area contributed by atoms with Crippen molar-refractivity contribution in [3.63, 3.8) is 0 Å². The molecule has 1 aromatic heterocycles. The van der Waals surface area contributed by atoms with E-state index in [1.54, 1.807) is 19.2 Å². The van der Waals surface area contributed by atoms with E-state index in [-0.39, 0.29) is 30.1 Å². The summed E-state index contributed by atoms with van der Waals surface area (Å²) >= 11 is 1.52. The molecular formula is C22H22FN3O2S. The Bertz CT molecular complexity index is 1050. The van der Waals surface area contributed by atoms with Gasteiger partial charge in [0.2, 0.25) is 5.91 Å². The number of anilines is 1. The second kappa shape index (κ2) is 8.31. The van der Waals surface area contributed by atoms with Crippen LogP contribution >= 0.6 is 11.3 Å². The van der Waals surface area contributed by atoms with Crippen LogP contribution in [-0.4, -0.2) is 43.4 Å². The molecule has 4 rings (SSSR count). The molecule has 7 heteroatoms. The van der Waals surface area contributed by atoms with E-state index in [0.29, 0.717) is 5.69 Å². The number of halogens is 1. The lowest BCUT2D eigenvalue weighted by molar-refractivity contribution is -0.117. The van der Waals surface area contributed by atoms with Crippen LogP contribution in [0.25, 0.3) is 10.1 Å². The minimum atomic E-state index is -0.333. The highest BCUT2D eigenvalue weighted by atomic mass is 32.1. The van der Waals surface area contributed by atoms with E-state index in [1.807, 2.05) is 18.2 Å². The number of carbonyl (C=O) groups excluding carboxylic acids is 2. The van der Waals surface area contributed by atoms with Gasteiger partial charge in [0, 0.05) is 29.9 Å². The molecule has 1 aliphatic heterocycles. The number of hydrogen-bond acceptors (Lipinski definition) is 4. The van der Waals surface area contributed by atoms with E-state index in [0.717, 1.165) is 40.0 Å². The fourth-order valence-corrected chi connectivity index (χ4v) is 5.14. The number of rotatable bonds is 5. The summed E-state index contributed by atoms with van der Waals surface area (Å²) in [5.74, 6) is -0.315. The number of nitrogens with one attached hydrogen (secondary N) is 2. The summed E-state index contributed by atoms with van der Waals surface area (Å²) < 4.78 is 14.1. The van der Waals surface area contributed by atoms with E-state index in [4.69, 9.17) is 0 Å². The molecule has 29 heavy (non-hydrogen) atoms. The van der Waals surface area contributed by atoms with Crippen molar-refractivity contribution in [1.29, 1.82) is 0 Å². The van der Waals surface area contributed by atoms with E-state index in [1.165, 1.54) is 23.5 Å². The van der Waals surface area contributed by atoms with Crippen molar-refractivity contribution in [1.82, 2.24) is 10.2 Å². The zero-order valence-electron chi connectivity index (χ0n) is 16.1. The fourth-order valence-electron chi connectivity index (χ4n) is 3.90. The standard InChI is InChI=1S/C22H22FN3O2S/c1-24-22(28)21-20(17-4-2-3-5-18(17)29-21)14-10-11-26(12-14)13-19(27)25-16-8-6-15(23)7-9-16/h2-9,14H,10-13H2,1H3,(H,24,28)(H,25,27)/t14-/m1/s1. The third-order valence-electron chi connectivity index (χ3n) is 5.24. The maximum Gasteiger partial charge on any atom is 0.261 e. The van der Waals surface area contributed by atoms with Gasteiger partial charge in [0.1, 0.15) is 5.82 Å². The molecule has 5 nitrogen and oxygen atoms in total. The molecular weight excluding hydrogens is 389 g/mol. The van der Waals surface area contributed by atoms with Crippen LogP contribution in [0.2, 0.25) is 0 Å². The molecule has 2 amide bonds. The molecule has 1 atom stereocenters. The van der Waals surface area contributed by atoms with E-state index >= 15 is 0 Å². The lowest BCUT2D eigenvalue weighted by Gasteiger charge is -2.16. The Balaban J connectivity index is 1.48. The second-order valence-corrected chi connectivity index (χ2v) is 8.25. The van der Waals surface area contributed by atoms with Crippen molar-refractivity contribution >= 4 is 38.9 Å². The highest BCUT2D eigenvalue weighted by molar-refractivity contribution is 7.21. The first-order chi connectivity index (χ1) is 14.0. The summed E-state index contributed by atoms with van der Waals surface area (Å²) in [6.07, 6.45) is 0.897. The zero-order valence-corrected chi connectivity index (χ0v) is 16.9. The molecule has 2 N–H and O–H groups in total. The Hall–Kier alpha value is -2.77. The van der Waals surface area contributed by atoms with E-state index < -0.39 is 0 Å². The maximum atomic E-state index is 13.0. The highest BCUT2D eigenvalue weighted by Crippen LogP contribution is 2.40. The third kappa shape index (κ3) is 4.16. The number of likely N-dealkylation sites (tertiary alicyclic amines) is 1. The molecule has 0 unspecified atom stereocenters. The number of fused-ring (bicyclic) bond motifs is 1. The second-order valence-electron chi connectivity index (χ2n) is 7.20. The molecule has 1 aliphatic rings. The van der Waals surface area contributed by atoms with Crippen LogP contribution in [0, 0.1) is 5.82 Å². The van der Waals surface area contributed by atoms with Crippen LogP contribution in [0.3, 0.4) is 0 Å². The molecule has 0 spiro atoms. The van der Waals surface area contributed by atoms with E-state index in [2.05, 4.69) is 21.6 Å². The Labute approximate surface area is 172 Å². The summed E-state index contributed by atoms with van der Waals surface area (Å²) in [6, 6.07) is 13.8. The number of nitrogens with zero attached hydrogens (tertiary/aromatic N) is 1. The summed E-state index contributed by atoms with van der Waals surface area (Å²) in [5, 5.41) is 6.68. The summed E-state index contributed by atoms with van der Waals surface area (Å²) in [6.45, 7) is 1.78. The largest absolute Gasteiger partial charge is 0.354 e. The molecule has 0 aliphatic carbocycles. The van der Waals surface area contributed by atoms with Crippen LogP contribution in [0.1, 0.15) is 27.6 Å². The zero-order chi connectivity index (χ0) is 20.4. The fraction of sp³-hybridized carbons (Fsp3) is 0.273. The summed E-state index contributed by atoms with van der Waals surface area (Å²) in [5.41, 5.74) is 1.67. The van der Waals surface area contributed by atoms with Crippen molar-refractivity contribution in [3.05, 3.63) is 64.8 Å². The minimum Gasteiger partial charge on any atom is -0.354 e. The van der Waals surface area contributed by atoms with Crippen LogP contribution in [-0.2, 0) is 4.79 Å². The number of amides is 2. The maximum absolute atomic E-state index is 13.0. The van der Waals surface area contributed by atoms with Crippen LogP contribution < -0.4 is 10.6 Å². The van der Waals surface area contributed by atoms with Crippen LogP contribution in [0.15, 0.2) is 48.5 Å². The lowest BCUT2D eigenvalue weighted by atomic mass is 9.95. The molecule has 3 aromatic rings. The van der Waals surface area contributed by atoms with Crippen molar-refractivity contribution in [2.75, 3.05) is 32.0 Å². The lowest BCUT2D eigenvalue weighted by Crippen LogP contribution is -2.31. The van der Waals surface area contributed by atoms with Gasteiger partial charge < -0.3 is 10.6 Å². The number of benzene rings is 2. The highest BCUT2D eigenvalue weighted by Gasteiger charge is 2.31. The van der Waals surface area contributed by atoms with Gasteiger partial charge in [0.05, 0.1) is 11.4 Å². The quantitative estimate of drug-likeness (QED) is 0.671. The van der Waals surface area contributed by atoms with Crippen molar-refractivity contribution in [2.45, 2.75) is 12.3 Å². The molecule has 0 radical (unpaired) electrons. The predicted octanol–water partition coefficient (Wildman–Crippen LogP) is 3.83. The normalized spacial score (nSPS) is 16.8. The number of hydrogen-bond donors (Lipinski definition) is 2. The molecule has 1 fully saturated rings. The van der Waals surface area contributed by atoms with Crippen molar-refractivity contribution in [3.8, 4) is 0 Å². The van der Waals surface area contributed by atoms with Gasteiger partial charge in [0.15, 0.2) is 0 Å². The average molecular weight is 412 g/mol. The monoisotopic (exact) mass is 411 g/mol. The number of carbonyl (C=O) groups is 2. The van der Waals surface area contributed by atoms with Gasteiger partial charge in [0.25, 0.3) is 5.91 Å². The summed E-state index contributed by atoms with van der Waals surface area (Å²) in [4.78, 5) is 27.7. The Morgan fingerprint density at radius 2 is 1.93 bits per heavy atom. The molecule has 150 valence electrons. The van der Waals surface area contributed by atoms with Gasteiger partial charge >= 0.3 is 0 Å². The Morgan fingerprint density at radius 3 is 2.69 bits per heavy atom.